The summed E-state index contributed by atoms with van der Waals surface area (Å²) >= 11 is 0. The molecule has 1 aliphatic carbocycles. The first-order valence-electron chi connectivity index (χ1n) is 6.05. The summed E-state index contributed by atoms with van der Waals surface area (Å²) in [5.74, 6) is -4.44. The predicted octanol–water partition coefficient (Wildman–Crippen LogP) is 0.415. The molecule has 1 fully saturated rings. The molecule has 4 unspecified atom stereocenters. The van der Waals surface area contributed by atoms with E-state index in [0.717, 1.165) is 0 Å². The van der Waals surface area contributed by atoms with Crippen molar-refractivity contribution in [3.63, 3.8) is 0 Å². The van der Waals surface area contributed by atoms with E-state index < -0.39 is 35.6 Å². The monoisotopic (exact) mass is 276 g/mol. The Bertz CT molecular complexity index is 566. The molecule has 1 saturated carbocycles. The molecule has 0 saturated heterocycles. The summed E-state index contributed by atoms with van der Waals surface area (Å²) in [6, 6.07) is 0. The Morgan fingerprint density at radius 2 is 1.30 bits per heavy atom. The molecule has 20 heavy (non-hydrogen) atoms. The zero-order valence-corrected chi connectivity index (χ0v) is 10.2. The number of aromatic amines is 2. The van der Waals surface area contributed by atoms with Gasteiger partial charge in [-0.05, 0) is 0 Å². The average Bonchev–Trinajstić information content (AvgIpc) is 2.98. The lowest BCUT2D eigenvalue weighted by Gasteiger charge is -2.45. The Labute approximate surface area is 112 Å². The highest BCUT2D eigenvalue weighted by Crippen LogP contribution is 2.56. The lowest BCUT2D eigenvalue weighted by molar-refractivity contribution is -0.165. The van der Waals surface area contributed by atoms with Crippen LogP contribution in [0.2, 0.25) is 0 Å². The first-order chi connectivity index (χ1) is 9.61. The zero-order valence-electron chi connectivity index (χ0n) is 10.2. The number of nitrogens with one attached hydrogen (secondary N) is 2. The first kappa shape index (κ1) is 12.4. The Balaban J connectivity index is 2.03. The third-order valence-corrected chi connectivity index (χ3v) is 3.79. The van der Waals surface area contributed by atoms with Crippen LogP contribution in [0.15, 0.2) is 24.8 Å². The zero-order chi connectivity index (χ0) is 14.3. The molecular weight excluding hydrogens is 264 g/mol. The van der Waals surface area contributed by atoms with Gasteiger partial charge in [0.1, 0.15) is 11.6 Å². The van der Waals surface area contributed by atoms with Crippen LogP contribution in [0.1, 0.15) is 23.5 Å². The van der Waals surface area contributed by atoms with Crippen LogP contribution in [0.4, 0.5) is 0 Å². The summed E-state index contributed by atoms with van der Waals surface area (Å²) in [5, 5.41) is 18.6. The molecule has 0 aromatic carbocycles. The lowest BCUT2D eigenvalue weighted by atomic mass is 9.55. The largest absolute Gasteiger partial charge is 0.481 e. The first-order valence-corrected chi connectivity index (χ1v) is 6.05. The highest BCUT2D eigenvalue weighted by Gasteiger charge is 2.61. The summed E-state index contributed by atoms with van der Waals surface area (Å²) in [4.78, 5) is 36.6. The normalized spacial score (nSPS) is 28.8. The molecule has 4 atom stereocenters. The van der Waals surface area contributed by atoms with Gasteiger partial charge in [0.2, 0.25) is 0 Å². The average molecular weight is 276 g/mol. The van der Waals surface area contributed by atoms with Crippen LogP contribution in [0.5, 0.6) is 0 Å². The van der Waals surface area contributed by atoms with Crippen LogP contribution in [-0.4, -0.2) is 42.1 Å². The molecule has 0 spiro atoms. The van der Waals surface area contributed by atoms with Crippen LogP contribution in [-0.2, 0) is 9.59 Å². The van der Waals surface area contributed by atoms with Crippen molar-refractivity contribution in [3.8, 4) is 0 Å². The lowest BCUT2D eigenvalue weighted by Crippen LogP contribution is -2.52. The molecular formula is C12H12N4O4. The van der Waals surface area contributed by atoms with Gasteiger partial charge in [-0.1, -0.05) is 0 Å². The van der Waals surface area contributed by atoms with E-state index in [1.165, 1.54) is 12.4 Å². The summed E-state index contributed by atoms with van der Waals surface area (Å²) < 4.78 is 0. The molecule has 0 amide bonds. The van der Waals surface area contributed by atoms with E-state index >= 15 is 0 Å². The summed E-state index contributed by atoms with van der Waals surface area (Å²) in [7, 11) is 0. The van der Waals surface area contributed by atoms with Crippen LogP contribution in [0.3, 0.4) is 0 Å². The quantitative estimate of drug-likeness (QED) is 0.639. The topological polar surface area (TPSA) is 132 Å². The molecule has 2 aromatic heterocycles. The van der Waals surface area contributed by atoms with E-state index in [2.05, 4.69) is 19.9 Å². The van der Waals surface area contributed by atoms with Gasteiger partial charge in [0.05, 0.1) is 11.8 Å². The number of imidazole rings is 2. The minimum Gasteiger partial charge on any atom is -0.481 e. The Morgan fingerprint density at radius 3 is 1.55 bits per heavy atom. The molecule has 0 radical (unpaired) electrons. The van der Waals surface area contributed by atoms with Crippen molar-refractivity contribution in [2.75, 3.05) is 0 Å². The SMILES string of the molecule is O=C(O)C1C(C(=O)O)C(c2ncc[nH]2)C1c1ncc[nH]1. The number of hydrogen-bond donors (Lipinski definition) is 4. The summed E-state index contributed by atoms with van der Waals surface area (Å²) in [5.41, 5.74) is 0. The van der Waals surface area contributed by atoms with Gasteiger partial charge in [0, 0.05) is 36.6 Å². The maximum absolute atomic E-state index is 11.4. The van der Waals surface area contributed by atoms with Crippen LogP contribution < -0.4 is 0 Å². The van der Waals surface area contributed by atoms with Crippen LogP contribution >= 0.6 is 0 Å². The number of hydrogen-bond acceptors (Lipinski definition) is 4. The fourth-order valence-electron chi connectivity index (χ4n) is 2.96. The third kappa shape index (κ3) is 1.68. The van der Waals surface area contributed by atoms with Crippen LogP contribution in [0, 0.1) is 11.8 Å². The highest BCUT2D eigenvalue weighted by molar-refractivity contribution is 5.84. The minimum absolute atomic E-state index is 0.469. The van der Waals surface area contributed by atoms with Gasteiger partial charge in [0.25, 0.3) is 0 Å². The van der Waals surface area contributed by atoms with Gasteiger partial charge < -0.3 is 20.2 Å². The summed E-state index contributed by atoms with van der Waals surface area (Å²) in [6.45, 7) is 0. The Morgan fingerprint density at radius 1 is 0.900 bits per heavy atom. The van der Waals surface area contributed by atoms with Crippen molar-refractivity contribution in [1.29, 1.82) is 0 Å². The Kier molecular flexibility index (Phi) is 2.78. The molecule has 2 aromatic rings. The molecule has 0 bridgehead atoms. The number of rotatable bonds is 4. The maximum Gasteiger partial charge on any atom is 0.308 e. The van der Waals surface area contributed by atoms with Crippen molar-refractivity contribution < 1.29 is 19.8 Å². The van der Waals surface area contributed by atoms with Gasteiger partial charge in [0.15, 0.2) is 0 Å². The standard InChI is InChI=1S/C12H12N4O4/c17-11(18)7-5(9-13-1-2-14-9)6(8(7)12(19)20)10-15-3-4-16-10/h1-8H,(H,13,14)(H,15,16)(H,17,18)(H,19,20). The van der Waals surface area contributed by atoms with E-state index in [1.54, 1.807) is 12.4 Å². The fourth-order valence-corrected chi connectivity index (χ4v) is 2.96. The van der Waals surface area contributed by atoms with E-state index in [0.29, 0.717) is 11.6 Å². The molecule has 4 N–H and O–H groups in total. The molecule has 8 nitrogen and oxygen atoms in total. The minimum atomic E-state index is -1.14. The number of carboxylic acid groups (broad SMARTS) is 2. The van der Waals surface area contributed by atoms with Crippen molar-refractivity contribution in [1.82, 2.24) is 19.9 Å². The van der Waals surface area contributed by atoms with E-state index in [9.17, 15) is 19.8 Å². The third-order valence-electron chi connectivity index (χ3n) is 3.79. The number of aliphatic carboxylic acids is 2. The molecule has 1 aliphatic rings. The number of carboxylic acids is 2. The van der Waals surface area contributed by atoms with E-state index in [-0.39, 0.29) is 0 Å². The second kappa shape index (κ2) is 4.48. The highest BCUT2D eigenvalue weighted by atomic mass is 16.4. The van der Waals surface area contributed by atoms with E-state index in [1.807, 2.05) is 0 Å². The second-order valence-corrected chi connectivity index (χ2v) is 4.73. The van der Waals surface area contributed by atoms with Gasteiger partial charge in [-0.2, -0.15) is 0 Å². The van der Waals surface area contributed by atoms with Gasteiger partial charge in [-0.15, -0.1) is 0 Å². The van der Waals surface area contributed by atoms with Gasteiger partial charge in [-0.3, -0.25) is 9.59 Å². The van der Waals surface area contributed by atoms with Crippen molar-refractivity contribution in [3.05, 3.63) is 36.4 Å². The molecule has 8 heteroatoms. The summed E-state index contributed by atoms with van der Waals surface area (Å²) in [6.07, 6.45) is 6.20. The Hall–Kier alpha value is -2.64. The van der Waals surface area contributed by atoms with Crippen LogP contribution in [0.25, 0.3) is 0 Å². The number of aromatic nitrogens is 4. The fraction of sp³-hybridized carbons (Fsp3) is 0.333. The van der Waals surface area contributed by atoms with Gasteiger partial charge >= 0.3 is 11.9 Å². The smallest absolute Gasteiger partial charge is 0.308 e. The van der Waals surface area contributed by atoms with Crippen molar-refractivity contribution in [2.45, 2.75) is 11.8 Å². The molecule has 0 aliphatic heterocycles. The second-order valence-electron chi connectivity index (χ2n) is 4.73. The molecule has 3 rings (SSSR count). The molecule has 2 heterocycles. The predicted molar refractivity (Wildman–Crippen MR) is 64.9 cm³/mol. The van der Waals surface area contributed by atoms with Gasteiger partial charge in [-0.25, -0.2) is 9.97 Å². The molecule has 104 valence electrons. The number of carbonyl (C=O) groups is 2. The van der Waals surface area contributed by atoms with E-state index in [4.69, 9.17) is 0 Å². The van der Waals surface area contributed by atoms with Crippen molar-refractivity contribution in [2.24, 2.45) is 11.8 Å². The number of nitrogens with zero attached hydrogens (tertiary/aromatic N) is 2. The maximum atomic E-state index is 11.4. The van der Waals surface area contributed by atoms with Crippen molar-refractivity contribution >= 4 is 11.9 Å². The number of H-pyrrole nitrogens is 2.